The Kier molecular flexibility index (Phi) is 8.61. The maximum Gasteiger partial charge on any atom is 0.345 e. The number of amides is 2. The van der Waals surface area contributed by atoms with Crippen molar-refractivity contribution in [1.29, 1.82) is 0 Å². The minimum absolute atomic E-state index is 0. The predicted octanol–water partition coefficient (Wildman–Crippen LogP) is 1.48. The molecule has 0 bridgehead atoms. The first kappa shape index (κ1) is 27.5. The minimum Gasteiger partial charge on any atom is -0.349 e. The summed E-state index contributed by atoms with van der Waals surface area (Å²) in [6.45, 7) is -3.86. The first-order chi connectivity index (χ1) is 16.7. The first-order valence-electron chi connectivity index (χ1n) is 10.7. The highest BCUT2D eigenvalue weighted by Gasteiger charge is 2.40. The Morgan fingerprint density at radius 3 is 2.61 bits per heavy atom. The number of benzene rings is 1. The maximum atomic E-state index is 13.4. The Bertz CT molecular complexity index is 1340. The summed E-state index contributed by atoms with van der Waals surface area (Å²) in [7, 11) is -4.02. The van der Waals surface area contributed by atoms with Crippen LogP contribution in [0.1, 0.15) is 12.1 Å². The molecular formula is C22H24ClF2N5O5S. The van der Waals surface area contributed by atoms with Gasteiger partial charge in [0, 0.05) is 30.7 Å². The molecule has 14 heteroatoms. The number of pyridine rings is 1. The van der Waals surface area contributed by atoms with Gasteiger partial charge >= 0.3 is 6.61 Å². The third-order valence-electron chi connectivity index (χ3n) is 5.71. The summed E-state index contributed by atoms with van der Waals surface area (Å²) >= 11 is 0. The molecule has 36 heavy (non-hydrogen) atoms. The molecule has 10 nitrogen and oxygen atoms in total. The summed E-state index contributed by atoms with van der Waals surface area (Å²) < 4.78 is 57.8. The first-order valence-corrected chi connectivity index (χ1v) is 12.1. The van der Waals surface area contributed by atoms with Gasteiger partial charge in [-0.15, -0.1) is 12.4 Å². The normalized spacial score (nSPS) is 17.8. The molecule has 3 N–H and O–H groups in total. The van der Waals surface area contributed by atoms with Crippen molar-refractivity contribution in [2.24, 2.45) is 5.73 Å². The predicted molar refractivity (Wildman–Crippen MR) is 128 cm³/mol. The van der Waals surface area contributed by atoms with Gasteiger partial charge in [-0.2, -0.15) is 8.78 Å². The molecule has 0 unspecified atom stereocenters. The number of fused-ring (bicyclic) bond motifs is 1. The van der Waals surface area contributed by atoms with Crippen LogP contribution in [0.5, 0.6) is 0 Å². The molecule has 1 saturated heterocycles. The quantitative estimate of drug-likeness (QED) is 0.439. The highest BCUT2D eigenvalue weighted by molar-refractivity contribution is 7.90. The van der Waals surface area contributed by atoms with Crippen molar-refractivity contribution < 1.29 is 31.5 Å². The van der Waals surface area contributed by atoms with Gasteiger partial charge in [-0.1, -0.05) is 18.2 Å². The van der Waals surface area contributed by atoms with E-state index in [0.29, 0.717) is 10.9 Å². The van der Waals surface area contributed by atoms with E-state index >= 15 is 0 Å². The molecule has 1 aromatic carbocycles. The lowest BCUT2D eigenvalue weighted by Crippen LogP contribution is -2.47. The van der Waals surface area contributed by atoms with Crippen LogP contribution in [-0.4, -0.2) is 65.9 Å². The van der Waals surface area contributed by atoms with Crippen molar-refractivity contribution in [2.75, 3.05) is 13.1 Å². The van der Waals surface area contributed by atoms with Crippen LogP contribution in [0.3, 0.4) is 0 Å². The van der Waals surface area contributed by atoms with Gasteiger partial charge in [0.1, 0.15) is 6.04 Å². The summed E-state index contributed by atoms with van der Waals surface area (Å²) in [6.07, 6.45) is 1.79. The number of ether oxygens (including phenoxy) is 1. The summed E-state index contributed by atoms with van der Waals surface area (Å²) in [5.74, 6) is -1.23. The molecule has 0 saturated carbocycles. The molecule has 3 aromatic rings. The van der Waals surface area contributed by atoms with Crippen LogP contribution < -0.4 is 11.1 Å². The average molecular weight is 544 g/mol. The zero-order valence-electron chi connectivity index (χ0n) is 18.8. The van der Waals surface area contributed by atoms with Gasteiger partial charge in [0.2, 0.25) is 11.8 Å². The average Bonchev–Trinajstić information content (AvgIpc) is 3.44. The molecule has 1 fully saturated rings. The Morgan fingerprint density at radius 2 is 1.94 bits per heavy atom. The molecule has 2 aromatic heterocycles. The number of alkyl halides is 2. The summed E-state index contributed by atoms with van der Waals surface area (Å²) in [4.78, 5) is 30.3. The van der Waals surface area contributed by atoms with Gasteiger partial charge < -0.3 is 20.7 Å². The number of aromatic nitrogens is 2. The lowest BCUT2D eigenvalue weighted by Gasteiger charge is -2.23. The van der Waals surface area contributed by atoms with Crippen molar-refractivity contribution >= 4 is 45.1 Å². The molecule has 4 rings (SSSR count). The van der Waals surface area contributed by atoms with E-state index in [0.717, 1.165) is 8.87 Å². The Balaban J connectivity index is 0.00000361. The number of halogens is 3. The molecular weight excluding hydrogens is 520 g/mol. The largest absolute Gasteiger partial charge is 0.349 e. The van der Waals surface area contributed by atoms with Crippen molar-refractivity contribution in [3.63, 3.8) is 0 Å². The Morgan fingerprint density at radius 1 is 1.22 bits per heavy atom. The lowest BCUT2D eigenvalue weighted by molar-refractivity contribution is -0.160. The summed E-state index contributed by atoms with van der Waals surface area (Å²) in [6, 6.07) is 9.87. The number of hydrogen-bond acceptors (Lipinski definition) is 7. The monoisotopic (exact) mass is 543 g/mol. The van der Waals surface area contributed by atoms with Crippen LogP contribution in [0.2, 0.25) is 0 Å². The zero-order chi connectivity index (χ0) is 25.2. The van der Waals surface area contributed by atoms with Gasteiger partial charge in [-0.05, 0) is 24.3 Å². The van der Waals surface area contributed by atoms with Crippen LogP contribution in [-0.2, 0) is 30.9 Å². The third-order valence-corrected chi connectivity index (χ3v) is 7.49. The van der Waals surface area contributed by atoms with E-state index in [1.54, 1.807) is 30.3 Å². The molecule has 3 heterocycles. The maximum absolute atomic E-state index is 13.4. The van der Waals surface area contributed by atoms with Crippen molar-refractivity contribution in [3.05, 3.63) is 60.6 Å². The van der Waals surface area contributed by atoms with E-state index in [1.807, 2.05) is 0 Å². The van der Waals surface area contributed by atoms with Gasteiger partial charge in [0.05, 0.1) is 35.3 Å². The fourth-order valence-corrected chi connectivity index (χ4v) is 5.73. The SMILES string of the molecule is Cl.NCC(=O)N1C[C@H](OC(F)F)C[C@H]1C(=O)NCc1cc2cnccc2n1S(=O)(=O)c1ccccc1. The second-order valence-electron chi connectivity index (χ2n) is 7.89. The van der Waals surface area contributed by atoms with Crippen molar-refractivity contribution in [1.82, 2.24) is 19.2 Å². The number of nitrogens with zero attached hydrogens (tertiary/aromatic N) is 3. The fraction of sp³-hybridized carbons (Fsp3) is 0.318. The van der Waals surface area contributed by atoms with E-state index in [9.17, 15) is 26.8 Å². The van der Waals surface area contributed by atoms with Crippen molar-refractivity contribution in [3.8, 4) is 0 Å². The lowest BCUT2D eigenvalue weighted by atomic mass is 10.2. The molecule has 0 aliphatic carbocycles. The topological polar surface area (TPSA) is 137 Å². The Hall–Kier alpha value is -3.13. The second-order valence-corrected chi connectivity index (χ2v) is 9.68. The van der Waals surface area contributed by atoms with Crippen LogP contribution in [0.15, 0.2) is 59.8 Å². The van der Waals surface area contributed by atoms with E-state index < -0.39 is 47.1 Å². The molecule has 0 radical (unpaired) electrons. The third kappa shape index (κ3) is 5.48. The standard InChI is InChI=1S/C22H23F2N5O5S.ClH/c23-22(24)34-16-9-19(28(13-16)20(30)10-25)21(31)27-12-15-8-14-11-26-7-6-18(14)29(15)35(32,33)17-4-2-1-3-5-17;/h1-8,11,16,19,22H,9-10,12-13,25H2,(H,27,31);1H/t16-,19+;/m1./s1. The van der Waals surface area contributed by atoms with Crippen LogP contribution in [0.4, 0.5) is 8.78 Å². The number of carbonyl (C=O) groups excluding carboxylic acids is 2. The van der Waals surface area contributed by atoms with E-state index in [1.165, 1.54) is 24.5 Å². The van der Waals surface area contributed by atoms with Gasteiger partial charge in [-0.3, -0.25) is 14.6 Å². The number of nitrogens with two attached hydrogens (primary N) is 1. The minimum atomic E-state index is -4.02. The van der Waals surface area contributed by atoms with Gasteiger partial charge in [0.25, 0.3) is 10.0 Å². The zero-order valence-corrected chi connectivity index (χ0v) is 20.4. The Labute approximate surface area is 211 Å². The molecule has 194 valence electrons. The number of carbonyl (C=O) groups is 2. The second kappa shape index (κ2) is 11.3. The molecule has 1 aliphatic heterocycles. The number of rotatable bonds is 8. The molecule has 1 aliphatic rings. The van der Waals surface area contributed by atoms with E-state index in [2.05, 4.69) is 15.0 Å². The van der Waals surface area contributed by atoms with E-state index in [-0.39, 0.29) is 42.5 Å². The smallest absolute Gasteiger partial charge is 0.345 e. The number of hydrogen-bond donors (Lipinski definition) is 2. The van der Waals surface area contributed by atoms with Gasteiger partial charge in [-0.25, -0.2) is 12.4 Å². The molecule has 2 atom stereocenters. The number of likely N-dealkylation sites (tertiary alicyclic amines) is 1. The molecule has 2 amide bonds. The molecule has 0 spiro atoms. The van der Waals surface area contributed by atoms with E-state index in [4.69, 9.17) is 5.73 Å². The van der Waals surface area contributed by atoms with Crippen LogP contribution in [0.25, 0.3) is 10.9 Å². The summed E-state index contributed by atoms with van der Waals surface area (Å²) in [5, 5.41) is 3.17. The van der Waals surface area contributed by atoms with Crippen molar-refractivity contribution in [2.45, 2.75) is 36.6 Å². The summed E-state index contributed by atoms with van der Waals surface area (Å²) in [5.41, 5.74) is 6.03. The fourth-order valence-electron chi connectivity index (χ4n) is 4.17. The van der Waals surface area contributed by atoms with Crippen LogP contribution >= 0.6 is 12.4 Å². The highest BCUT2D eigenvalue weighted by Crippen LogP contribution is 2.26. The van der Waals surface area contributed by atoms with Gasteiger partial charge in [0.15, 0.2) is 0 Å². The highest BCUT2D eigenvalue weighted by atomic mass is 35.5. The number of nitrogens with one attached hydrogen (secondary N) is 1. The van der Waals surface area contributed by atoms with Crippen LogP contribution in [0, 0.1) is 0 Å².